The molecule has 1 N–H and O–H groups in total. The van der Waals surface area contributed by atoms with Gasteiger partial charge in [-0.2, -0.15) is 0 Å². The lowest BCUT2D eigenvalue weighted by Crippen LogP contribution is -2.15. The van der Waals surface area contributed by atoms with Crippen LogP contribution in [0.5, 0.6) is 0 Å². The molecular weight excluding hydrogens is 251 g/mol. The molecule has 0 bridgehead atoms. The summed E-state index contributed by atoms with van der Waals surface area (Å²) in [7, 11) is 1.97. The predicted molar refractivity (Wildman–Crippen MR) is 78.6 cm³/mol. The van der Waals surface area contributed by atoms with Crippen LogP contribution in [0.25, 0.3) is 0 Å². The molecule has 20 heavy (non-hydrogen) atoms. The van der Waals surface area contributed by atoms with Crippen LogP contribution in [-0.4, -0.2) is 11.9 Å². The third kappa shape index (κ3) is 2.89. The number of hydrogen-bond acceptors (Lipinski definition) is 2. The van der Waals surface area contributed by atoms with Crippen molar-refractivity contribution in [2.45, 2.75) is 26.2 Å². The van der Waals surface area contributed by atoms with E-state index >= 15 is 0 Å². The van der Waals surface area contributed by atoms with Gasteiger partial charge in [0.2, 0.25) is 0 Å². The first-order valence-electron chi connectivity index (χ1n) is 6.96. The standard InChI is InChI=1S/C17H19FN2/c1-19-9-14-2-5-15-11-20(12-16(15)8-14)10-13-3-6-17(18)7-4-13/h2-8,19H,9-12H2,1H3. The number of benzene rings is 2. The van der Waals surface area contributed by atoms with Gasteiger partial charge in [0.15, 0.2) is 0 Å². The van der Waals surface area contributed by atoms with E-state index in [-0.39, 0.29) is 5.82 Å². The average molecular weight is 270 g/mol. The Morgan fingerprint density at radius 2 is 1.70 bits per heavy atom. The van der Waals surface area contributed by atoms with Crippen LogP contribution in [0.15, 0.2) is 42.5 Å². The van der Waals surface area contributed by atoms with Gasteiger partial charge < -0.3 is 5.32 Å². The topological polar surface area (TPSA) is 15.3 Å². The molecule has 0 aliphatic carbocycles. The maximum atomic E-state index is 12.9. The van der Waals surface area contributed by atoms with Crippen LogP contribution in [0, 0.1) is 5.82 Å². The maximum absolute atomic E-state index is 12.9. The van der Waals surface area contributed by atoms with E-state index in [9.17, 15) is 4.39 Å². The van der Waals surface area contributed by atoms with E-state index in [1.807, 2.05) is 19.2 Å². The van der Waals surface area contributed by atoms with E-state index in [1.165, 1.54) is 28.8 Å². The number of hydrogen-bond donors (Lipinski definition) is 1. The van der Waals surface area contributed by atoms with Crippen molar-refractivity contribution in [3.8, 4) is 0 Å². The van der Waals surface area contributed by atoms with Gasteiger partial charge >= 0.3 is 0 Å². The maximum Gasteiger partial charge on any atom is 0.123 e. The lowest BCUT2D eigenvalue weighted by atomic mass is 10.1. The number of halogens is 1. The summed E-state index contributed by atoms with van der Waals surface area (Å²) in [6, 6.07) is 13.5. The molecule has 2 nitrogen and oxygen atoms in total. The number of nitrogens with one attached hydrogen (secondary N) is 1. The summed E-state index contributed by atoms with van der Waals surface area (Å²) in [5, 5.41) is 3.18. The third-order valence-corrected chi connectivity index (χ3v) is 3.76. The second-order valence-electron chi connectivity index (χ2n) is 5.41. The van der Waals surface area contributed by atoms with E-state index in [4.69, 9.17) is 0 Å². The Bertz CT molecular complexity index is 592. The van der Waals surface area contributed by atoms with Gasteiger partial charge in [-0.05, 0) is 41.4 Å². The van der Waals surface area contributed by atoms with Gasteiger partial charge in [0, 0.05) is 26.2 Å². The van der Waals surface area contributed by atoms with Crippen LogP contribution in [0.1, 0.15) is 22.3 Å². The molecule has 3 rings (SSSR count). The zero-order chi connectivity index (χ0) is 13.9. The zero-order valence-corrected chi connectivity index (χ0v) is 11.7. The normalized spacial score (nSPS) is 14.5. The van der Waals surface area contributed by atoms with Gasteiger partial charge in [-0.1, -0.05) is 30.3 Å². The fraction of sp³-hybridized carbons (Fsp3) is 0.294. The first-order chi connectivity index (χ1) is 9.74. The summed E-state index contributed by atoms with van der Waals surface area (Å²) in [5.74, 6) is -0.171. The van der Waals surface area contributed by atoms with E-state index in [1.54, 1.807) is 0 Å². The van der Waals surface area contributed by atoms with Crippen molar-refractivity contribution in [1.82, 2.24) is 10.2 Å². The molecule has 1 aliphatic heterocycles. The van der Waals surface area contributed by atoms with Gasteiger partial charge in [-0.15, -0.1) is 0 Å². The molecule has 0 amide bonds. The van der Waals surface area contributed by atoms with Crippen molar-refractivity contribution < 1.29 is 4.39 Å². The number of nitrogens with zero attached hydrogens (tertiary/aromatic N) is 1. The molecule has 0 spiro atoms. The lowest BCUT2D eigenvalue weighted by Gasteiger charge is -2.14. The highest BCUT2D eigenvalue weighted by Gasteiger charge is 2.19. The summed E-state index contributed by atoms with van der Waals surface area (Å²) in [5.41, 5.74) is 5.32. The lowest BCUT2D eigenvalue weighted by molar-refractivity contribution is 0.275. The van der Waals surface area contributed by atoms with E-state index in [2.05, 4.69) is 28.4 Å². The highest BCUT2D eigenvalue weighted by Crippen LogP contribution is 2.25. The van der Waals surface area contributed by atoms with Gasteiger partial charge in [0.1, 0.15) is 5.82 Å². The molecule has 2 aromatic rings. The van der Waals surface area contributed by atoms with E-state index < -0.39 is 0 Å². The molecule has 1 heterocycles. The van der Waals surface area contributed by atoms with Gasteiger partial charge in [0.25, 0.3) is 0 Å². The fourth-order valence-electron chi connectivity index (χ4n) is 2.79. The average Bonchev–Trinajstić information content (AvgIpc) is 2.83. The third-order valence-electron chi connectivity index (χ3n) is 3.76. The first-order valence-corrected chi connectivity index (χ1v) is 6.96. The molecule has 3 heteroatoms. The van der Waals surface area contributed by atoms with Gasteiger partial charge in [-0.25, -0.2) is 4.39 Å². The number of fused-ring (bicyclic) bond motifs is 1. The van der Waals surface area contributed by atoms with Crippen molar-refractivity contribution in [3.63, 3.8) is 0 Å². The predicted octanol–water partition coefficient (Wildman–Crippen LogP) is 3.06. The summed E-state index contributed by atoms with van der Waals surface area (Å²) in [6.07, 6.45) is 0. The monoisotopic (exact) mass is 270 g/mol. The molecule has 2 aromatic carbocycles. The second kappa shape index (κ2) is 5.73. The van der Waals surface area contributed by atoms with Crippen LogP contribution in [0.4, 0.5) is 4.39 Å². The molecule has 1 aliphatic rings. The van der Waals surface area contributed by atoms with E-state index in [0.29, 0.717) is 0 Å². The smallest absolute Gasteiger partial charge is 0.123 e. The molecule has 0 atom stereocenters. The minimum Gasteiger partial charge on any atom is -0.316 e. The second-order valence-corrected chi connectivity index (χ2v) is 5.41. The van der Waals surface area contributed by atoms with Crippen LogP contribution in [0.3, 0.4) is 0 Å². The first kappa shape index (κ1) is 13.3. The van der Waals surface area contributed by atoms with Crippen LogP contribution >= 0.6 is 0 Å². The Balaban J connectivity index is 1.69. The highest BCUT2D eigenvalue weighted by atomic mass is 19.1. The molecule has 104 valence electrons. The molecule has 0 radical (unpaired) electrons. The van der Waals surface area contributed by atoms with Crippen molar-refractivity contribution in [2.24, 2.45) is 0 Å². The number of rotatable bonds is 4. The quantitative estimate of drug-likeness (QED) is 0.918. The van der Waals surface area contributed by atoms with Crippen LogP contribution in [0.2, 0.25) is 0 Å². The van der Waals surface area contributed by atoms with E-state index in [0.717, 1.165) is 31.7 Å². The SMILES string of the molecule is CNCc1ccc2c(c1)CN(Cc1ccc(F)cc1)C2. The molecule has 0 aromatic heterocycles. The minimum atomic E-state index is -0.171. The van der Waals surface area contributed by atoms with Crippen molar-refractivity contribution >= 4 is 0 Å². The minimum absolute atomic E-state index is 0.171. The summed E-state index contributed by atoms with van der Waals surface area (Å²) in [6.45, 7) is 3.73. The highest BCUT2D eigenvalue weighted by molar-refractivity contribution is 5.35. The largest absolute Gasteiger partial charge is 0.316 e. The Kier molecular flexibility index (Phi) is 3.81. The van der Waals surface area contributed by atoms with Crippen molar-refractivity contribution in [1.29, 1.82) is 0 Å². The molecule has 0 fully saturated rings. The molecule has 0 saturated carbocycles. The molecular formula is C17H19FN2. The Morgan fingerprint density at radius 3 is 2.45 bits per heavy atom. The van der Waals surface area contributed by atoms with Crippen molar-refractivity contribution in [3.05, 3.63) is 70.5 Å². The zero-order valence-electron chi connectivity index (χ0n) is 11.7. The van der Waals surface area contributed by atoms with Crippen LogP contribution in [-0.2, 0) is 26.2 Å². The molecule has 0 saturated heterocycles. The van der Waals surface area contributed by atoms with Crippen LogP contribution < -0.4 is 5.32 Å². The fourth-order valence-corrected chi connectivity index (χ4v) is 2.79. The Hall–Kier alpha value is -1.71. The Labute approximate surface area is 119 Å². The van der Waals surface area contributed by atoms with Crippen molar-refractivity contribution in [2.75, 3.05) is 7.05 Å². The van der Waals surface area contributed by atoms with Gasteiger partial charge in [0.05, 0.1) is 0 Å². The summed E-state index contributed by atoms with van der Waals surface area (Å²) < 4.78 is 12.9. The summed E-state index contributed by atoms with van der Waals surface area (Å²) in [4.78, 5) is 2.39. The van der Waals surface area contributed by atoms with Gasteiger partial charge in [-0.3, -0.25) is 4.90 Å². The Morgan fingerprint density at radius 1 is 1.00 bits per heavy atom. The summed E-state index contributed by atoms with van der Waals surface area (Å²) >= 11 is 0. The molecule has 0 unspecified atom stereocenters.